The summed E-state index contributed by atoms with van der Waals surface area (Å²) in [6.45, 7) is 6.91. The topological polar surface area (TPSA) is 63.4 Å². The minimum absolute atomic E-state index is 0.274. The molecule has 0 amide bonds. The van der Waals surface area contributed by atoms with E-state index in [2.05, 4.69) is 18.7 Å². The van der Waals surface area contributed by atoms with Crippen LogP contribution in [0.4, 0.5) is 0 Å². The Bertz CT molecular complexity index is 419. The molecule has 0 aromatic heterocycles. The van der Waals surface area contributed by atoms with Crippen molar-refractivity contribution in [1.29, 1.82) is 0 Å². The van der Waals surface area contributed by atoms with Crippen molar-refractivity contribution < 1.29 is 8.42 Å². The highest BCUT2D eigenvalue weighted by atomic mass is 32.2. The van der Waals surface area contributed by atoms with Crippen LogP contribution in [0.15, 0.2) is 0 Å². The zero-order valence-electron chi connectivity index (χ0n) is 11.8. The molecule has 1 saturated carbocycles. The molecule has 0 bridgehead atoms. The van der Waals surface area contributed by atoms with E-state index in [1.165, 1.54) is 6.26 Å². The summed E-state index contributed by atoms with van der Waals surface area (Å²) in [5.74, 6) is 0. The highest BCUT2D eigenvalue weighted by Crippen LogP contribution is 2.43. The molecule has 2 rings (SSSR count). The molecule has 5 heteroatoms. The SMILES string of the molecule is CC1(C)CCN(C2(CN)CCCC2S(C)(=O)=O)C1. The molecule has 0 aromatic carbocycles. The Morgan fingerprint density at radius 1 is 1.33 bits per heavy atom. The van der Waals surface area contributed by atoms with Gasteiger partial charge >= 0.3 is 0 Å². The van der Waals surface area contributed by atoms with Gasteiger partial charge in [-0.15, -0.1) is 0 Å². The molecule has 2 aliphatic rings. The summed E-state index contributed by atoms with van der Waals surface area (Å²) in [7, 11) is -3.02. The molecule has 1 aliphatic carbocycles. The van der Waals surface area contributed by atoms with Gasteiger partial charge in [0.2, 0.25) is 0 Å². The largest absolute Gasteiger partial charge is 0.329 e. The number of sulfone groups is 1. The summed E-state index contributed by atoms with van der Waals surface area (Å²) in [5, 5.41) is -0.274. The second-order valence-corrected chi connectivity index (χ2v) is 9.08. The first-order chi connectivity index (χ1) is 8.21. The molecule has 0 aromatic rings. The van der Waals surface area contributed by atoms with Crippen LogP contribution in [-0.2, 0) is 9.84 Å². The van der Waals surface area contributed by atoms with E-state index in [1.54, 1.807) is 0 Å². The molecule has 1 heterocycles. The number of hydrogen-bond acceptors (Lipinski definition) is 4. The zero-order valence-corrected chi connectivity index (χ0v) is 12.6. The van der Waals surface area contributed by atoms with Crippen LogP contribution in [0.3, 0.4) is 0 Å². The Morgan fingerprint density at radius 2 is 2.00 bits per heavy atom. The fourth-order valence-corrected chi connectivity index (χ4v) is 5.61. The number of likely N-dealkylation sites (tertiary alicyclic amines) is 1. The number of hydrogen-bond donors (Lipinski definition) is 1. The highest BCUT2D eigenvalue weighted by molar-refractivity contribution is 7.91. The number of nitrogens with two attached hydrogens (primary N) is 1. The van der Waals surface area contributed by atoms with Crippen molar-refractivity contribution >= 4 is 9.84 Å². The Morgan fingerprint density at radius 3 is 2.44 bits per heavy atom. The van der Waals surface area contributed by atoms with Crippen molar-refractivity contribution in [3.63, 3.8) is 0 Å². The van der Waals surface area contributed by atoms with E-state index < -0.39 is 9.84 Å². The lowest BCUT2D eigenvalue weighted by Crippen LogP contribution is -2.60. The van der Waals surface area contributed by atoms with Gasteiger partial charge in [-0.3, -0.25) is 4.90 Å². The van der Waals surface area contributed by atoms with Crippen LogP contribution in [0.1, 0.15) is 39.5 Å². The van der Waals surface area contributed by atoms with E-state index in [-0.39, 0.29) is 16.2 Å². The quantitative estimate of drug-likeness (QED) is 0.834. The molecule has 106 valence electrons. The summed E-state index contributed by atoms with van der Waals surface area (Å²) in [6, 6.07) is 0. The highest BCUT2D eigenvalue weighted by Gasteiger charge is 2.53. The van der Waals surface area contributed by atoms with Crippen molar-refractivity contribution in [2.45, 2.75) is 50.3 Å². The van der Waals surface area contributed by atoms with E-state index in [9.17, 15) is 8.42 Å². The third-order valence-electron chi connectivity index (χ3n) is 4.85. The number of rotatable bonds is 3. The van der Waals surface area contributed by atoms with Gasteiger partial charge in [0.15, 0.2) is 9.84 Å². The predicted octanol–water partition coefficient (Wildman–Crippen LogP) is 1.01. The summed E-state index contributed by atoms with van der Waals surface area (Å²) in [4.78, 5) is 2.37. The molecular weight excluding hydrogens is 248 g/mol. The fourth-order valence-electron chi connectivity index (χ4n) is 3.85. The fraction of sp³-hybridized carbons (Fsp3) is 1.00. The molecule has 2 atom stereocenters. The predicted molar refractivity (Wildman–Crippen MR) is 74.2 cm³/mol. The smallest absolute Gasteiger partial charge is 0.152 e. The molecule has 1 aliphatic heterocycles. The Hall–Kier alpha value is -0.130. The Labute approximate surface area is 111 Å². The lowest BCUT2D eigenvalue weighted by Gasteiger charge is -2.42. The Kier molecular flexibility index (Phi) is 3.54. The minimum atomic E-state index is -3.02. The van der Waals surface area contributed by atoms with Gasteiger partial charge in [0.25, 0.3) is 0 Å². The number of nitrogens with zero attached hydrogens (tertiary/aromatic N) is 1. The first kappa shape index (κ1) is 14.3. The molecule has 1 saturated heterocycles. The molecule has 0 radical (unpaired) electrons. The van der Waals surface area contributed by atoms with Crippen LogP contribution >= 0.6 is 0 Å². The summed E-state index contributed by atoms with van der Waals surface area (Å²) < 4.78 is 24.1. The van der Waals surface area contributed by atoms with E-state index in [4.69, 9.17) is 5.73 Å². The minimum Gasteiger partial charge on any atom is -0.329 e. The van der Waals surface area contributed by atoms with Gasteiger partial charge < -0.3 is 5.73 Å². The molecule has 0 spiro atoms. The van der Waals surface area contributed by atoms with Crippen molar-refractivity contribution in [3.05, 3.63) is 0 Å². The molecule has 2 N–H and O–H groups in total. The van der Waals surface area contributed by atoms with Gasteiger partial charge in [0.1, 0.15) is 0 Å². The summed E-state index contributed by atoms with van der Waals surface area (Å²) in [5.41, 5.74) is 6.00. The van der Waals surface area contributed by atoms with Gasteiger partial charge in [-0.25, -0.2) is 8.42 Å². The molecule has 2 unspecified atom stereocenters. The maximum Gasteiger partial charge on any atom is 0.152 e. The van der Waals surface area contributed by atoms with Gasteiger partial charge in [-0.05, 0) is 31.2 Å². The van der Waals surface area contributed by atoms with Crippen LogP contribution in [0.2, 0.25) is 0 Å². The second kappa shape index (κ2) is 4.46. The van der Waals surface area contributed by atoms with Gasteiger partial charge in [0, 0.05) is 24.9 Å². The average molecular weight is 274 g/mol. The van der Waals surface area contributed by atoms with Crippen molar-refractivity contribution in [2.24, 2.45) is 11.1 Å². The summed E-state index contributed by atoms with van der Waals surface area (Å²) >= 11 is 0. The summed E-state index contributed by atoms with van der Waals surface area (Å²) in [6.07, 6.45) is 5.18. The first-order valence-corrected chi connectivity index (χ1v) is 8.81. The first-order valence-electron chi connectivity index (χ1n) is 6.85. The monoisotopic (exact) mass is 274 g/mol. The van der Waals surface area contributed by atoms with Crippen LogP contribution < -0.4 is 5.73 Å². The second-order valence-electron chi connectivity index (χ2n) is 6.85. The van der Waals surface area contributed by atoms with Crippen molar-refractivity contribution in [1.82, 2.24) is 4.90 Å². The van der Waals surface area contributed by atoms with Gasteiger partial charge in [0.05, 0.1) is 5.25 Å². The van der Waals surface area contributed by atoms with E-state index in [0.29, 0.717) is 6.54 Å². The van der Waals surface area contributed by atoms with Crippen LogP contribution in [-0.4, -0.2) is 50.0 Å². The lowest BCUT2D eigenvalue weighted by molar-refractivity contribution is 0.119. The van der Waals surface area contributed by atoms with Gasteiger partial charge in [-0.1, -0.05) is 20.3 Å². The third-order valence-corrected chi connectivity index (χ3v) is 6.56. The third kappa shape index (κ3) is 2.32. The van der Waals surface area contributed by atoms with Crippen molar-refractivity contribution in [3.8, 4) is 0 Å². The van der Waals surface area contributed by atoms with Crippen LogP contribution in [0, 0.1) is 5.41 Å². The van der Waals surface area contributed by atoms with Gasteiger partial charge in [-0.2, -0.15) is 0 Å². The maximum atomic E-state index is 12.0. The zero-order chi connectivity index (χ0) is 13.6. The van der Waals surface area contributed by atoms with E-state index in [1.807, 2.05) is 0 Å². The van der Waals surface area contributed by atoms with Crippen LogP contribution in [0.25, 0.3) is 0 Å². The van der Waals surface area contributed by atoms with E-state index in [0.717, 1.165) is 38.8 Å². The molecule has 2 fully saturated rings. The van der Waals surface area contributed by atoms with Crippen molar-refractivity contribution in [2.75, 3.05) is 25.9 Å². The maximum absolute atomic E-state index is 12.0. The molecular formula is C13H26N2O2S. The molecule has 18 heavy (non-hydrogen) atoms. The average Bonchev–Trinajstić information content (AvgIpc) is 2.80. The standard InChI is InChI=1S/C13H26N2O2S/c1-12(2)7-8-15(10-12)13(9-14)6-4-5-11(13)18(3,16)17/h11H,4-10,14H2,1-3H3. The molecule has 4 nitrogen and oxygen atoms in total. The normalized spacial score (nSPS) is 37.2. The lowest BCUT2D eigenvalue weighted by atomic mass is 9.91. The Balaban J connectivity index is 2.31. The van der Waals surface area contributed by atoms with Crippen LogP contribution in [0.5, 0.6) is 0 Å². The van der Waals surface area contributed by atoms with E-state index >= 15 is 0 Å².